The number of nitrogens with one attached hydrogen (secondary N) is 1. The molecule has 1 atom stereocenters. The highest BCUT2D eigenvalue weighted by Crippen LogP contribution is 2.45. The molecule has 0 saturated heterocycles. The van der Waals surface area contributed by atoms with Crippen LogP contribution in [0, 0.1) is 11.3 Å². The highest BCUT2D eigenvalue weighted by Gasteiger charge is 2.38. The van der Waals surface area contributed by atoms with Crippen LogP contribution in [0.25, 0.3) is 0 Å². The quantitative estimate of drug-likeness (QED) is 0.716. The molecule has 1 nitrogen and oxygen atoms in total. The van der Waals surface area contributed by atoms with Crippen LogP contribution in [-0.4, -0.2) is 13.1 Å². The molecule has 17 heavy (non-hydrogen) atoms. The summed E-state index contributed by atoms with van der Waals surface area (Å²) in [6.45, 7) is 2.41. The standard InChI is InChI=1S/C16H31N/c1-3-16(12-6-7-13-16)15(17-2)11-10-14-8-4-5-9-14/h14-15,17H,3-13H2,1-2H3. The minimum Gasteiger partial charge on any atom is -0.316 e. The molecule has 0 bridgehead atoms. The Morgan fingerprint density at radius 1 is 1.12 bits per heavy atom. The molecule has 0 spiro atoms. The summed E-state index contributed by atoms with van der Waals surface area (Å²) in [5, 5.41) is 3.66. The third kappa shape index (κ3) is 3.05. The average Bonchev–Trinajstić information content (AvgIpc) is 3.00. The van der Waals surface area contributed by atoms with Crippen LogP contribution in [0.15, 0.2) is 0 Å². The average molecular weight is 237 g/mol. The van der Waals surface area contributed by atoms with Gasteiger partial charge in [0.25, 0.3) is 0 Å². The van der Waals surface area contributed by atoms with Gasteiger partial charge in [0.05, 0.1) is 0 Å². The number of hydrogen-bond donors (Lipinski definition) is 1. The van der Waals surface area contributed by atoms with Crippen LogP contribution in [0.5, 0.6) is 0 Å². The van der Waals surface area contributed by atoms with Gasteiger partial charge in [-0.05, 0) is 50.5 Å². The van der Waals surface area contributed by atoms with Crippen LogP contribution in [0.1, 0.15) is 77.6 Å². The van der Waals surface area contributed by atoms with E-state index in [0.717, 1.165) is 12.0 Å². The van der Waals surface area contributed by atoms with E-state index in [-0.39, 0.29) is 0 Å². The SMILES string of the molecule is CCC1(C(CCC2CCCC2)NC)CCCC1. The number of rotatable bonds is 6. The van der Waals surface area contributed by atoms with Gasteiger partial charge < -0.3 is 5.32 Å². The second-order valence-corrected chi connectivity index (χ2v) is 6.49. The van der Waals surface area contributed by atoms with Crippen molar-refractivity contribution in [1.29, 1.82) is 0 Å². The first-order valence-electron chi connectivity index (χ1n) is 7.98. The molecule has 2 aliphatic rings. The van der Waals surface area contributed by atoms with Crippen molar-refractivity contribution in [2.45, 2.75) is 83.6 Å². The van der Waals surface area contributed by atoms with Crippen molar-refractivity contribution in [3.63, 3.8) is 0 Å². The lowest BCUT2D eigenvalue weighted by Gasteiger charge is -2.37. The Balaban J connectivity index is 1.85. The summed E-state index contributed by atoms with van der Waals surface area (Å²) in [5.74, 6) is 1.06. The monoisotopic (exact) mass is 237 g/mol. The van der Waals surface area contributed by atoms with Gasteiger partial charge in [-0.1, -0.05) is 45.4 Å². The minimum atomic E-state index is 0.646. The van der Waals surface area contributed by atoms with E-state index in [1.54, 1.807) is 0 Å². The predicted octanol–water partition coefficient (Wildman–Crippen LogP) is 4.52. The third-order valence-electron chi connectivity index (χ3n) is 5.73. The lowest BCUT2D eigenvalue weighted by molar-refractivity contribution is 0.176. The van der Waals surface area contributed by atoms with Crippen LogP contribution in [0.4, 0.5) is 0 Å². The topological polar surface area (TPSA) is 12.0 Å². The summed E-state index contributed by atoms with van der Waals surface area (Å²) in [7, 11) is 2.19. The number of hydrogen-bond acceptors (Lipinski definition) is 1. The molecule has 1 N–H and O–H groups in total. The first-order valence-corrected chi connectivity index (χ1v) is 7.98. The van der Waals surface area contributed by atoms with Crippen molar-refractivity contribution in [3.05, 3.63) is 0 Å². The molecule has 0 aliphatic heterocycles. The fourth-order valence-electron chi connectivity index (χ4n) is 4.49. The predicted molar refractivity (Wildman–Crippen MR) is 75.2 cm³/mol. The first-order chi connectivity index (χ1) is 8.30. The van der Waals surface area contributed by atoms with Crippen LogP contribution < -0.4 is 5.32 Å². The van der Waals surface area contributed by atoms with Crippen molar-refractivity contribution < 1.29 is 0 Å². The van der Waals surface area contributed by atoms with Gasteiger partial charge >= 0.3 is 0 Å². The zero-order valence-electron chi connectivity index (χ0n) is 11.9. The first kappa shape index (κ1) is 13.4. The third-order valence-corrected chi connectivity index (χ3v) is 5.73. The van der Waals surface area contributed by atoms with Gasteiger partial charge in [0, 0.05) is 6.04 Å². The molecule has 1 heteroatoms. The molecule has 100 valence electrons. The van der Waals surface area contributed by atoms with Crippen molar-refractivity contribution in [3.8, 4) is 0 Å². The molecule has 1 unspecified atom stereocenters. The molecule has 0 aromatic rings. The van der Waals surface area contributed by atoms with Gasteiger partial charge in [-0.2, -0.15) is 0 Å². The smallest absolute Gasteiger partial charge is 0.0120 e. The van der Waals surface area contributed by atoms with Crippen LogP contribution in [0.2, 0.25) is 0 Å². The maximum Gasteiger partial charge on any atom is 0.0120 e. The maximum atomic E-state index is 3.66. The molecule has 0 radical (unpaired) electrons. The van der Waals surface area contributed by atoms with E-state index < -0.39 is 0 Å². The van der Waals surface area contributed by atoms with E-state index in [9.17, 15) is 0 Å². The Labute approximate surface area is 108 Å². The summed E-state index contributed by atoms with van der Waals surface area (Å²) in [6.07, 6.45) is 16.2. The summed E-state index contributed by atoms with van der Waals surface area (Å²) in [5.41, 5.74) is 0.646. The second-order valence-electron chi connectivity index (χ2n) is 6.49. The summed E-state index contributed by atoms with van der Waals surface area (Å²) >= 11 is 0. The lowest BCUT2D eigenvalue weighted by Crippen LogP contribution is -2.42. The van der Waals surface area contributed by atoms with Crippen LogP contribution >= 0.6 is 0 Å². The van der Waals surface area contributed by atoms with E-state index in [1.165, 1.54) is 70.6 Å². The normalized spacial score (nSPS) is 26.5. The molecule has 2 rings (SSSR count). The van der Waals surface area contributed by atoms with Crippen molar-refractivity contribution in [2.24, 2.45) is 11.3 Å². The summed E-state index contributed by atoms with van der Waals surface area (Å²) in [6, 6.07) is 0.788. The van der Waals surface area contributed by atoms with Gasteiger partial charge in [-0.25, -0.2) is 0 Å². The van der Waals surface area contributed by atoms with Gasteiger partial charge in [0.2, 0.25) is 0 Å². The Bertz CT molecular complexity index is 212. The molecular weight excluding hydrogens is 206 g/mol. The van der Waals surface area contributed by atoms with Gasteiger partial charge in [0.15, 0.2) is 0 Å². The van der Waals surface area contributed by atoms with Gasteiger partial charge in [-0.15, -0.1) is 0 Å². The molecule has 2 aliphatic carbocycles. The Morgan fingerprint density at radius 3 is 2.29 bits per heavy atom. The van der Waals surface area contributed by atoms with Gasteiger partial charge in [-0.3, -0.25) is 0 Å². The highest BCUT2D eigenvalue weighted by molar-refractivity contribution is 4.93. The van der Waals surface area contributed by atoms with Crippen LogP contribution in [0.3, 0.4) is 0 Å². The molecule has 2 fully saturated rings. The lowest BCUT2D eigenvalue weighted by atomic mass is 9.74. The second kappa shape index (κ2) is 6.22. The van der Waals surface area contributed by atoms with E-state index in [0.29, 0.717) is 5.41 Å². The molecule has 0 heterocycles. The Morgan fingerprint density at radius 2 is 1.76 bits per heavy atom. The van der Waals surface area contributed by atoms with Crippen molar-refractivity contribution in [1.82, 2.24) is 5.32 Å². The zero-order valence-corrected chi connectivity index (χ0v) is 11.9. The van der Waals surface area contributed by atoms with Crippen molar-refractivity contribution >= 4 is 0 Å². The van der Waals surface area contributed by atoms with Crippen molar-refractivity contribution in [2.75, 3.05) is 7.05 Å². The summed E-state index contributed by atoms with van der Waals surface area (Å²) in [4.78, 5) is 0. The van der Waals surface area contributed by atoms with Gasteiger partial charge in [0.1, 0.15) is 0 Å². The Hall–Kier alpha value is -0.0400. The fraction of sp³-hybridized carbons (Fsp3) is 1.00. The Kier molecular flexibility index (Phi) is 4.90. The maximum absolute atomic E-state index is 3.66. The van der Waals surface area contributed by atoms with E-state index in [2.05, 4.69) is 19.3 Å². The molecule has 0 aromatic heterocycles. The van der Waals surface area contributed by atoms with E-state index in [1.807, 2.05) is 0 Å². The summed E-state index contributed by atoms with van der Waals surface area (Å²) < 4.78 is 0. The highest BCUT2D eigenvalue weighted by atomic mass is 14.9. The molecular formula is C16H31N. The zero-order chi connectivity index (χ0) is 12.1. The van der Waals surface area contributed by atoms with E-state index >= 15 is 0 Å². The van der Waals surface area contributed by atoms with Crippen LogP contribution in [-0.2, 0) is 0 Å². The molecule has 2 saturated carbocycles. The minimum absolute atomic E-state index is 0.646. The largest absolute Gasteiger partial charge is 0.316 e. The molecule has 0 aromatic carbocycles. The fourth-order valence-corrected chi connectivity index (χ4v) is 4.49. The molecule has 0 amide bonds. The van der Waals surface area contributed by atoms with E-state index in [4.69, 9.17) is 0 Å².